The first kappa shape index (κ1) is 15.2. The summed E-state index contributed by atoms with van der Waals surface area (Å²) in [5, 5.41) is 0. The summed E-state index contributed by atoms with van der Waals surface area (Å²) in [6.07, 6.45) is 0. The van der Waals surface area contributed by atoms with Crippen LogP contribution in [0.1, 0.15) is 11.1 Å². The summed E-state index contributed by atoms with van der Waals surface area (Å²) in [4.78, 5) is 3.16. The average Bonchev–Trinajstić information content (AvgIpc) is 2.66. The number of aryl methyl sites for hydroxylation is 2. The van der Waals surface area contributed by atoms with Gasteiger partial charge in [0.15, 0.2) is 4.77 Å². The Hall–Kier alpha value is -0.730. The minimum atomic E-state index is -0.238. The van der Waals surface area contributed by atoms with Crippen LogP contribution in [-0.2, 0) is 0 Å². The zero-order valence-electron chi connectivity index (χ0n) is 11.3. The number of halogens is 3. The third-order valence-electron chi connectivity index (χ3n) is 3.40. The number of H-pyrrole nitrogens is 1. The van der Waals surface area contributed by atoms with Gasteiger partial charge in [-0.25, -0.2) is 4.39 Å². The second-order valence-electron chi connectivity index (χ2n) is 4.94. The van der Waals surface area contributed by atoms with Gasteiger partial charge >= 0.3 is 0 Å². The van der Waals surface area contributed by atoms with Gasteiger partial charge in [-0.1, -0.05) is 15.9 Å². The lowest BCUT2D eigenvalue weighted by Gasteiger charge is -2.13. The second-order valence-corrected chi connectivity index (χ2v) is 7.40. The topological polar surface area (TPSA) is 20.7 Å². The molecule has 1 N–H and O–H groups in total. The highest BCUT2D eigenvalue weighted by atomic mass is 127. The van der Waals surface area contributed by atoms with Gasteiger partial charge in [0, 0.05) is 10.5 Å². The number of nitrogens with zero attached hydrogens (tertiary/aromatic N) is 1. The van der Waals surface area contributed by atoms with Crippen LogP contribution >= 0.6 is 50.7 Å². The highest BCUT2D eigenvalue weighted by Crippen LogP contribution is 2.29. The Kier molecular flexibility index (Phi) is 3.96. The molecule has 0 fully saturated rings. The Bertz CT molecular complexity index is 906. The van der Waals surface area contributed by atoms with E-state index >= 15 is 0 Å². The monoisotopic (exact) mass is 476 g/mol. The van der Waals surface area contributed by atoms with E-state index in [2.05, 4.69) is 20.9 Å². The van der Waals surface area contributed by atoms with E-state index < -0.39 is 0 Å². The number of aromatic nitrogens is 2. The molecule has 0 saturated carbocycles. The van der Waals surface area contributed by atoms with Crippen molar-refractivity contribution in [3.8, 4) is 5.69 Å². The number of fused-ring (bicyclic) bond motifs is 1. The van der Waals surface area contributed by atoms with Crippen molar-refractivity contribution in [3.63, 3.8) is 0 Å². The molecule has 3 aromatic rings. The molecule has 2 nitrogen and oxygen atoms in total. The van der Waals surface area contributed by atoms with E-state index in [0.717, 1.165) is 32.3 Å². The Morgan fingerprint density at radius 1 is 1.19 bits per heavy atom. The molecule has 0 aliphatic carbocycles. The molecule has 3 rings (SSSR count). The molecule has 0 radical (unpaired) electrons. The number of imidazole rings is 1. The lowest BCUT2D eigenvalue weighted by atomic mass is 10.1. The standard InChI is InChI=1S/C15H11BrFIN2S/c1-7-3-9(16)4-8(2)14(7)20-13-5-10(17)11(18)6-12(13)19-15(20)21/h3-6H,1-2H3,(H,19,21). The van der Waals surface area contributed by atoms with Crippen LogP contribution in [-0.4, -0.2) is 9.55 Å². The van der Waals surface area contributed by atoms with Gasteiger partial charge in [-0.3, -0.25) is 4.57 Å². The van der Waals surface area contributed by atoms with Crippen molar-refractivity contribution in [2.24, 2.45) is 0 Å². The normalized spacial score (nSPS) is 11.3. The van der Waals surface area contributed by atoms with Crippen molar-refractivity contribution in [1.82, 2.24) is 9.55 Å². The van der Waals surface area contributed by atoms with Gasteiger partial charge in [-0.05, 0) is 78.0 Å². The third-order valence-corrected chi connectivity index (χ3v) is 4.97. The summed E-state index contributed by atoms with van der Waals surface area (Å²) in [5.41, 5.74) is 4.75. The molecule has 1 heterocycles. The van der Waals surface area contributed by atoms with E-state index in [-0.39, 0.29) is 5.82 Å². The Morgan fingerprint density at radius 3 is 2.43 bits per heavy atom. The van der Waals surface area contributed by atoms with E-state index in [1.54, 1.807) is 6.07 Å². The molecule has 21 heavy (non-hydrogen) atoms. The minimum Gasteiger partial charge on any atom is -0.330 e. The van der Waals surface area contributed by atoms with Crippen molar-refractivity contribution in [2.75, 3.05) is 0 Å². The molecule has 0 saturated heterocycles. The van der Waals surface area contributed by atoms with Crippen LogP contribution in [0, 0.1) is 28.0 Å². The molecule has 0 unspecified atom stereocenters. The van der Waals surface area contributed by atoms with Gasteiger partial charge < -0.3 is 4.98 Å². The molecule has 0 spiro atoms. The fourth-order valence-electron chi connectivity index (χ4n) is 2.58. The smallest absolute Gasteiger partial charge is 0.182 e. The lowest BCUT2D eigenvalue weighted by molar-refractivity contribution is 0.622. The fraction of sp³-hybridized carbons (Fsp3) is 0.133. The Labute approximate surface area is 148 Å². The minimum absolute atomic E-state index is 0.238. The van der Waals surface area contributed by atoms with E-state index in [4.69, 9.17) is 12.2 Å². The zero-order chi connectivity index (χ0) is 15.3. The van der Waals surface area contributed by atoms with E-state index in [1.165, 1.54) is 6.07 Å². The summed E-state index contributed by atoms with van der Waals surface area (Å²) in [6, 6.07) is 7.38. The molecule has 1 aromatic heterocycles. The van der Waals surface area contributed by atoms with Gasteiger partial charge in [0.25, 0.3) is 0 Å². The number of hydrogen-bond donors (Lipinski definition) is 1. The average molecular weight is 477 g/mol. The van der Waals surface area contributed by atoms with Crippen LogP contribution in [0.15, 0.2) is 28.7 Å². The van der Waals surface area contributed by atoms with Crippen molar-refractivity contribution >= 4 is 61.8 Å². The number of nitrogens with one attached hydrogen (secondary N) is 1. The van der Waals surface area contributed by atoms with Crippen molar-refractivity contribution in [1.29, 1.82) is 0 Å². The molecule has 108 valence electrons. The second kappa shape index (κ2) is 5.48. The summed E-state index contributed by atoms with van der Waals surface area (Å²) in [5.74, 6) is -0.238. The quantitative estimate of drug-likeness (QED) is 0.347. The van der Waals surface area contributed by atoms with Crippen molar-refractivity contribution in [2.45, 2.75) is 13.8 Å². The highest BCUT2D eigenvalue weighted by Gasteiger charge is 2.14. The SMILES string of the molecule is Cc1cc(Br)cc(C)c1-n1c(=S)[nH]c2cc(I)c(F)cc21. The first-order valence-electron chi connectivity index (χ1n) is 6.25. The van der Waals surface area contributed by atoms with Crippen molar-refractivity contribution < 1.29 is 4.39 Å². The highest BCUT2D eigenvalue weighted by molar-refractivity contribution is 14.1. The number of benzene rings is 2. The fourth-order valence-corrected chi connectivity index (χ4v) is 4.03. The molecule has 0 bridgehead atoms. The van der Waals surface area contributed by atoms with Gasteiger partial charge in [0.1, 0.15) is 5.82 Å². The maximum Gasteiger partial charge on any atom is 0.182 e. The van der Waals surface area contributed by atoms with Gasteiger partial charge in [-0.15, -0.1) is 0 Å². The maximum absolute atomic E-state index is 13.9. The van der Waals surface area contributed by atoms with Crippen molar-refractivity contribution in [3.05, 3.63) is 54.0 Å². The number of aromatic amines is 1. The number of rotatable bonds is 1. The zero-order valence-corrected chi connectivity index (χ0v) is 15.9. The summed E-state index contributed by atoms with van der Waals surface area (Å²) in [6.45, 7) is 4.05. The predicted octanol–water partition coefficient (Wildman–Crippen LogP) is 5.81. The van der Waals surface area contributed by atoms with Crippen LogP contribution in [0.4, 0.5) is 4.39 Å². The Morgan fingerprint density at radius 2 is 1.81 bits per heavy atom. The molecule has 0 amide bonds. The van der Waals surface area contributed by atoms with E-state index in [9.17, 15) is 4.39 Å². The Balaban J connectivity index is 2.44. The molecular weight excluding hydrogens is 466 g/mol. The summed E-state index contributed by atoms with van der Waals surface area (Å²) in [7, 11) is 0. The molecule has 2 aromatic carbocycles. The maximum atomic E-state index is 13.9. The number of hydrogen-bond acceptors (Lipinski definition) is 1. The van der Waals surface area contributed by atoms with Crippen LogP contribution in [0.25, 0.3) is 16.7 Å². The molecule has 0 aliphatic rings. The van der Waals surface area contributed by atoms with Crippen LogP contribution in [0.3, 0.4) is 0 Å². The molecule has 6 heteroatoms. The van der Waals surface area contributed by atoms with Gasteiger partial charge in [0.2, 0.25) is 0 Å². The summed E-state index contributed by atoms with van der Waals surface area (Å²) >= 11 is 10.9. The molecular formula is C15H11BrFIN2S. The largest absolute Gasteiger partial charge is 0.330 e. The predicted molar refractivity (Wildman–Crippen MR) is 98.3 cm³/mol. The van der Waals surface area contributed by atoms with E-state index in [0.29, 0.717) is 8.34 Å². The van der Waals surface area contributed by atoms with Gasteiger partial charge in [-0.2, -0.15) is 0 Å². The summed E-state index contributed by atoms with van der Waals surface area (Å²) < 4.78 is 18.0. The van der Waals surface area contributed by atoms with Crippen LogP contribution in [0.2, 0.25) is 0 Å². The first-order chi connectivity index (χ1) is 9.88. The van der Waals surface area contributed by atoms with Crippen LogP contribution < -0.4 is 0 Å². The first-order valence-corrected chi connectivity index (χ1v) is 8.53. The molecule has 0 atom stereocenters. The molecule has 0 aliphatic heterocycles. The van der Waals surface area contributed by atoms with Crippen LogP contribution in [0.5, 0.6) is 0 Å². The van der Waals surface area contributed by atoms with Gasteiger partial charge in [0.05, 0.1) is 20.3 Å². The lowest BCUT2D eigenvalue weighted by Crippen LogP contribution is -2.01. The van der Waals surface area contributed by atoms with E-state index in [1.807, 2.05) is 53.1 Å². The third kappa shape index (κ3) is 2.57.